The van der Waals surface area contributed by atoms with Crippen LogP contribution in [0.5, 0.6) is 5.88 Å². The molecule has 10 nitrogen and oxygen atoms in total. The van der Waals surface area contributed by atoms with Crippen LogP contribution in [0.3, 0.4) is 0 Å². The molecule has 11 heteroatoms. The SMILES string of the molecule is COc1ccc2nc(N3C(=O)[C@@H](C)[C@@H]4[C@@H]3CCN4C(=O)[C@@H]3CCCN3C(=O)OC(C)(C)C)sc2n1. The molecule has 3 aliphatic rings. The average molecular weight is 502 g/mol. The molecule has 0 aromatic carbocycles. The van der Waals surface area contributed by atoms with Crippen LogP contribution in [0.25, 0.3) is 10.3 Å². The number of aromatic nitrogens is 2. The monoisotopic (exact) mass is 501 g/mol. The maximum atomic E-state index is 13.7. The molecule has 4 atom stereocenters. The first-order valence-electron chi connectivity index (χ1n) is 12.0. The third-order valence-electron chi connectivity index (χ3n) is 6.97. The summed E-state index contributed by atoms with van der Waals surface area (Å²) in [6.45, 7) is 8.36. The van der Waals surface area contributed by atoms with Gasteiger partial charge in [0, 0.05) is 19.2 Å². The minimum Gasteiger partial charge on any atom is -0.481 e. The Balaban J connectivity index is 1.38. The van der Waals surface area contributed by atoms with Crippen LogP contribution in [0.15, 0.2) is 12.1 Å². The number of ether oxygens (including phenoxy) is 2. The van der Waals surface area contributed by atoms with Crippen LogP contribution in [-0.2, 0) is 14.3 Å². The van der Waals surface area contributed by atoms with Crippen molar-refractivity contribution >= 4 is 44.7 Å². The number of anilines is 1. The van der Waals surface area contributed by atoms with E-state index in [4.69, 9.17) is 9.47 Å². The maximum absolute atomic E-state index is 13.7. The quantitative estimate of drug-likeness (QED) is 0.636. The Kier molecular flexibility index (Phi) is 5.85. The van der Waals surface area contributed by atoms with Crippen LogP contribution < -0.4 is 9.64 Å². The molecule has 0 saturated carbocycles. The topological polar surface area (TPSA) is 105 Å². The smallest absolute Gasteiger partial charge is 0.410 e. The summed E-state index contributed by atoms with van der Waals surface area (Å²) in [5.41, 5.74) is 0.0780. The van der Waals surface area contributed by atoms with Gasteiger partial charge in [0.05, 0.1) is 25.1 Å². The van der Waals surface area contributed by atoms with Gasteiger partial charge >= 0.3 is 6.09 Å². The molecule has 3 fully saturated rings. The summed E-state index contributed by atoms with van der Waals surface area (Å²) in [5.74, 6) is -0.00947. The van der Waals surface area contributed by atoms with Crippen molar-refractivity contribution in [2.45, 2.75) is 70.7 Å². The van der Waals surface area contributed by atoms with Crippen molar-refractivity contribution in [3.8, 4) is 5.88 Å². The number of hydrogen-bond acceptors (Lipinski definition) is 8. The van der Waals surface area contributed by atoms with Crippen LogP contribution in [0.1, 0.15) is 47.0 Å². The van der Waals surface area contributed by atoms with E-state index in [9.17, 15) is 14.4 Å². The van der Waals surface area contributed by atoms with E-state index < -0.39 is 17.7 Å². The Labute approximate surface area is 208 Å². The molecule has 5 rings (SSSR count). The van der Waals surface area contributed by atoms with Crippen molar-refractivity contribution in [2.24, 2.45) is 5.92 Å². The second-order valence-corrected chi connectivity index (χ2v) is 11.3. The largest absolute Gasteiger partial charge is 0.481 e. The number of nitrogens with zero attached hydrogens (tertiary/aromatic N) is 5. The lowest BCUT2D eigenvalue weighted by Gasteiger charge is -2.33. The molecule has 35 heavy (non-hydrogen) atoms. The molecule has 3 aliphatic heterocycles. The summed E-state index contributed by atoms with van der Waals surface area (Å²) in [5, 5.41) is 0.593. The van der Waals surface area contributed by atoms with E-state index >= 15 is 0 Å². The first kappa shape index (κ1) is 23.8. The number of thiazole rings is 1. The van der Waals surface area contributed by atoms with E-state index in [0.717, 1.165) is 6.42 Å². The van der Waals surface area contributed by atoms with Gasteiger partial charge in [-0.1, -0.05) is 18.3 Å². The van der Waals surface area contributed by atoms with Crippen molar-refractivity contribution < 1.29 is 23.9 Å². The van der Waals surface area contributed by atoms with E-state index in [2.05, 4.69) is 9.97 Å². The number of amides is 3. The molecule has 5 heterocycles. The van der Waals surface area contributed by atoms with E-state index in [-0.39, 0.29) is 29.8 Å². The summed E-state index contributed by atoms with van der Waals surface area (Å²) < 4.78 is 10.8. The highest BCUT2D eigenvalue weighted by molar-refractivity contribution is 7.22. The molecule has 0 N–H and O–H groups in total. The van der Waals surface area contributed by atoms with Gasteiger partial charge in [-0.2, -0.15) is 0 Å². The van der Waals surface area contributed by atoms with Crippen molar-refractivity contribution in [2.75, 3.05) is 25.1 Å². The van der Waals surface area contributed by atoms with Gasteiger partial charge in [-0.05, 0) is 46.1 Å². The van der Waals surface area contributed by atoms with Crippen molar-refractivity contribution in [3.05, 3.63) is 12.1 Å². The lowest BCUT2D eigenvalue weighted by atomic mass is 10.0. The van der Waals surface area contributed by atoms with Gasteiger partial charge in [0.25, 0.3) is 0 Å². The highest BCUT2D eigenvalue weighted by atomic mass is 32.1. The zero-order chi connectivity index (χ0) is 25.1. The molecule has 0 aliphatic carbocycles. The van der Waals surface area contributed by atoms with Gasteiger partial charge in [-0.25, -0.2) is 14.8 Å². The fourth-order valence-corrected chi connectivity index (χ4v) is 6.46. The first-order valence-corrected chi connectivity index (χ1v) is 12.9. The molecule has 2 aromatic heterocycles. The number of likely N-dealkylation sites (tertiary alicyclic amines) is 2. The fourth-order valence-electron chi connectivity index (χ4n) is 5.47. The Morgan fingerprint density at radius 2 is 1.89 bits per heavy atom. The zero-order valence-corrected chi connectivity index (χ0v) is 21.5. The van der Waals surface area contributed by atoms with Gasteiger partial charge in [0.1, 0.15) is 22.0 Å². The third kappa shape index (κ3) is 4.09. The Morgan fingerprint density at radius 1 is 1.11 bits per heavy atom. The molecule has 188 valence electrons. The van der Waals surface area contributed by atoms with Crippen molar-refractivity contribution in [1.82, 2.24) is 19.8 Å². The second-order valence-electron chi connectivity index (χ2n) is 10.4. The predicted octanol–water partition coefficient (Wildman–Crippen LogP) is 3.05. The molecule has 3 amide bonds. The third-order valence-corrected chi connectivity index (χ3v) is 7.94. The maximum Gasteiger partial charge on any atom is 0.410 e. The molecule has 2 aromatic rings. The average Bonchev–Trinajstić information content (AvgIpc) is 3.56. The number of methoxy groups -OCH3 is 1. The van der Waals surface area contributed by atoms with E-state index in [1.54, 1.807) is 23.0 Å². The molecular weight excluding hydrogens is 470 g/mol. The van der Waals surface area contributed by atoms with Crippen LogP contribution in [0, 0.1) is 5.92 Å². The Morgan fingerprint density at radius 3 is 2.60 bits per heavy atom. The first-order chi connectivity index (χ1) is 16.6. The number of carbonyl (C=O) groups excluding carboxylic acids is 3. The summed E-state index contributed by atoms with van der Waals surface area (Å²) in [6.07, 6.45) is 1.56. The second kappa shape index (κ2) is 8.61. The highest BCUT2D eigenvalue weighted by Crippen LogP contribution is 2.42. The van der Waals surface area contributed by atoms with Crippen molar-refractivity contribution in [1.29, 1.82) is 0 Å². The number of fused-ring (bicyclic) bond motifs is 2. The number of carbonyl (C=O) groups is 3. The van der Waals surface area contributed by atoms with E-state index in [1.165, 1.54) is 11.3 Å². The molecule has 0 radical (unpaired) electrons. The molecule has 0 bridgehead atoms. The van der Waals surface area contributed by atoms with Gasteiger partial charge < -0.3 is 14.4 Å². The van der Waals surface area contributed by atoms with E-state index in [1.807, 2.05) is 38.7 Å². The predicted molar refractivity (Wildman–Crippen MR) is 130 cm³/mol. The normalized spacial score (nSPS) is 26.5. The Bertz CT molecular complexity index is 1180. The minimum atomic E-state index is -0.630. The van der Waals surface area contributed by atoms with Crippen LogP contribution in [0.4, 0.5) is 9.93 Å². The zero-order valence-electron chi connectivity index (χ0n) is 20.7. The van der Waals surface area contributed by atoms with Crippen LogP contribution in [-0.4, -0.2) is 81.6 Å². The Hall–Kier alpha value is -2.95. The van der Waals surface area contributed by atoms with E-state index in [0.29, 0.717) is 47.3 Å². The standard InChI is InChI=1S/C24H31N5O5S/c1-13-18-15(29(20(13)30)22-25-14-8-9-17(33-5)26-19(14)35-22)10-12-28(18)21(31)16-7-6-11-27(16)23(32)34-24(2,3)4/h8-9,13,15-16,18H,6-7,10-12H2,1-5H3/t13-,15-,16-,18+/m0/s1. The summed E-state index contributed by atoms with van der Waals surface area (Å²) in [6, 6.07) is 2.61. The number of rotatable bonds is 3. The van der Waals surface area contributed by atoms with Gasteiger partial charge in [-0.3, -0.25) is 19.4 Å². The fraction of sp³-hybridized carbons (Fsp3) is 0.625. The van der Waals surface area contributed by atoms with Gasteiger partial charge in [0.2, 0.25) is 17.7 Å². The number of pyridine rings is 1. The minimum absolute atomic E-state index is 0.0426. The molecule has 0 spiro atoms. The highest BCUT2D eigenvalue weighted by Gasteiger charge is 2.55. The van der Waals surface area contributed by atoms with Gasteiger partial charge in [0.15, 0.2) is 5.13 Å². The summed E-state index contributed by atoms with van der Waals surface area (Å²) in [7, 11) is 1.56. The van der Waals surface area contributed by atoms with Crippen LogP contribution >= 0.6 is 11.3 Å². The van der Waals surface area contributed by atoms with Gasteiger partial charge in [-0.15, -0.1) is 0 Å². The molecule has 0 unspecified atom stereocenters. The molecular formula is C24H31N5O5S. The van der Waals surface area contributed by atoms with Crippen molar-refractivity contribution in [3.63, 3.8) is 0 Å². The summed E-state index contributed by atoms with van der Waals surface area (Å²) >= 11 is 1.35. The van der Waals surface area contributed by atoms with Crippen LogP contribution in [0.2, 0.25) is 0 Å². The summed E-state index contributed by atoms with van der Waals surface area (Å²) in [4.78, 5) is 54.7. The molecule has 3 saturated heterocycles. The lowest BCUT2D eigenvalue weighted by molar-refractivity contribution is -0.137. The lowest BCUT2D eigenvalue weighted by Crippen LogP contribution is -2.52. The number of hydrogen-bond donors (Lipinski definition) is 0.